The van der Waals surface area contributed by atoms with Gasteiger partial charge in [-0.1, -0.05) is 12.1 Å². The smallest absolute Gasteiger partial charge is 0.337 e. The molecule has 5 nitrogen and oxygen atoms in total. The molecule has 5 heteroatoms. The average Bonchev–Trinajstić information content (AvgIpc) is 3.36. The second-order valence-electron chi connectivity index (χ2n) is 5.99. The Kier molecular flexibility index (Phi) is 3.57. The summed E-state index contributed by atoms with van der Waals surface area (Å²) in [6.45, 7) is 0.809. The van der Waals surface area contributed by atoms with Gasteiger partial charge in [-0.25, -0.2) is 9.59 Å². The minimum absolute atomic E-state index is 0.0851. The number of urea groups is 1. The van der Waals surface area contributed by atoms with Crippen LogP contribution in [-0.4, -0.2) is 41.6 Å². The minimum Gasteiger partial charge on any atom is -0.478 e. The summed E-state index contributed by atoms with van der Waals surface area (Å²) in [5.74, 6) is -0.372. The molecule has 21 heavy (non-hydrogen) atoms. The Balaban J connectivity index is 1.81. The van der Waals surface area contributed by atoms with Crippen LogP contribution in [0.25, 0.3) is 0 Å². The Morgan fingerprint density at radius 3 is 2.43 bits per heavy atom. The van der Waals surface area contributed by atoms with Crippen LogP contribution in [-0.2, 0) is 0 Å². The van der Waals surface area contributed by atoms with Gasteiger partial charge in [0.2, 0.25) is 0 Å². The summed E-state index contributed by atoms with van der Waals surface area (Å²) in [6, 6.07) is 6.91. The molecular weight excluding hydrogens is 268 g/mol. The summed E-state index contributed by atoms with van der Waals surface area (Å²) in [6.07, 6.45) is 4.53. The number of carboxylic acids is 1. The second-order valence-corrected chi connectivity index (χ2v) is 5.99. The Bertz CT molecular complexity index is 564. The number of rotatable bonds is 5. The molecule has 112 valence electrons. The highest BCUT2D eigenvalue weighted by Gasteiger charge is 2.38. The summed E-state index contributed by atoms with van der Waals surface area (Å²) < 4.78 is 0. The topological polar surface area (TPSA) is 60.9 Å². The average molecular weight is 288 g/mol. The summed E-state index contributed by atoms with van der Waals surface area (Å²) in [5.41, 5.74) is 0.618. The summed E-state index contributed by atoms with van der Waals surface area (Å²) >= 11 is 0. The molecule has 3 rings (SSSR count). The quantitative estimate of drug-likeness (QED) is 0.906. The molecule has 0 aromatic heterocycles. The van der Waals surface area contributed by atoms with Crippen LogP contribution in [0.1, 0.15) is 36.0 Å². The van der Waals surface area contributed by atoms with Gasteiger partial charge in [-0.2, -0.15) is 0 Å². The van der Waals surface area contributed by atoms with Crippen molar-refractivity contribution in [3.63, 3.8) is 0 Å². The molecule has 2 aliphatic rings. The van der Waals surface area contributed by atoms with Gasteiger partial charge in [0.05, 0.1) is 11.3 Å². The van der Waals surface area contributed by atoms with E-state index in [1.165, 1.54) is 23.8 Å². The Hall–Kier alpha value is -2.04. The lowest BCUT2D eigenvalue weighted by atomic mass is 10.1. The number of hydrogen-bond donors (Lipinski definition) is 1. The third-order valence-electron chi connectivity index (χ3n) is 4.17. The summed E-state index contributed by atoms with van der Waals surface area (Å²) in [4.78, 5) is 27.4. The fourth-order valence-electron chi connectivity index (χ4n) is 2.59. The number of para-hydroxylation sites is 1. The third kappa shape index (κ3) is 3.01. The summed E-state index contributed by atoms with van der Waals surface area (Å²) in [7, 11) is 1.66. The molecule has 2 aliphatic carbocycles. The van der Waals surface area contributed by atoms with Crippen molar-refractivity contribution in [2.75, 3.05) is 18.5 Å². The van der Waals surface area contributed by atoms with Crippen molar-refractivity contribution in [2.24, 2.45) is 5.92 Å². The van der Waals surface area contributed by atoms with Gasteiger partial charge in [0.25, 0.3) is 0 Å². The first-order valence-electron chi connectivity index (χ1n) is 7.44. The lowest BCUT2D eigenvalue weighted by Gasteiger charge is -2.29. The van der Waals surface area contributed by atoms with E-state index in [-0.39, 0.29) is 11.6 Å². The number of nitrogens with zero attached hydrogens (tertiary/aromatic N) is 2. The van der Waals surface area contributed by atoms with Crippen LogP contribution in [0.3, 0.4) is 0 Å². The van der Waals surface area contributed by atoms with Gasteiger partial charge >= 0.3 is 12.0 Å². The first-order chi connectivity index (χ1) is 10.1. The van der Waals surface area contributed by atoms with Crippen molar-refractivity contribution in [1.29, 1.82) is 0 Å². The van der Waals surface area contributed by atoms with Gasteiger partial charge in [0.1, 0.15) is 0 Å². The molecule has 0 spiro atoms. The molecular formula is C16H20N2O3. The normalized spacial score (nSPS) is 17.4. The largest absolute Gasteiger partial charge is 0.478 e. The van der Waals surface area contributed by atoms with E-state index in [1.807, 2.05) is 4.90 Å². The van der Waals surface area contributed by atoms with Crippen LogP contribution >= 0.6 is 0 Å². The predicted molar refractivity (Wildman–Crippen MR) is 79.7 cm³/mol. The van der Waals surface area contributed by atoms with Crippen LogP contribution in [0.2, 0.25) is 0 Å². The van der Waals surface area contributed by atoms with Crippen LogP contribution in [0.4, 0.5) is 10.5 Å². The first-order valence-corrected chi connectivity index (χ1v) is 7.44. The molecule has 2 fully saturated rings. The van der Waals surface area contributed by atoms with E-state index in [9.17, 15) is 14.7 Å². The van der Waals surface area contributed by atoms with Gasteiger partial charge in [-0.05, 0) is 43.7 Å². The zero-order valence-electron chi connectivity index (χ0n) is 12.2. The minimum atomic E-state index is -1.01. The second kappa shape index (κ2) is 5.39. The molecule has 0 saturated heterocycles. The highest BCUT2D eigenvalue weighted by Crippen LogP contribution is 2.36. The first kappa shape index (κ1) is 13.9. The van der Waals surface area contributed by atoms with Crippen LogP contribution in [0.5, 0.6) is 0 Å². The van der Waals surface area contributed by atoms with E-state index < -0.39 is 5.97 Å². The molecule has 2 saturated carbocycles. The highest BCUT2D eigenvalue weighted by molar-refractivity contribution is 6.01. The Morgan fingerprint density at radius 1 is 1.19 bits per heavy atom. The number of anilines is 1. The molecule has 0 bridgehead atoms. The molecule has 1 aromatic carbocycles. The van der Waals surface area contributed by atoms with Crippen molar-refractivity contribution < 1.29 is 14.7 Å². The van der Waals surface area contributed by atoms with E-state index in [4.69, 9.17) is 0 Å². The Labute approximate surface area is 124 Å². The van der Waals surface area contributed by atoms with Gasteiger partial charge in [0.15, 0.2) is 0 Å². The van der Waals surface area contributed by atoms with Crippen molar-refractivity contribution in [3.8, 4) is 0 Å². The number of aromatic carboxylic acids is 1. The van der Waals surface area contributed by atoms with Crippen molar-refractivity contribution in [2.45, 2.75) is 31.7 Å². The number of carboxylic acid groups (broad SMARTS) is 1. The van der Waals surface area contributed by atoms with E-state index in [0.717, 1.165) is 19.4 Å². The van der Waals surface area contributed by atoms with E-state index in [1.54, 1.807) is 25.2 Å². The zero-order valence-corrected chi connectivity index (χ0v) is 12.2. The monoisotopic (exact) mass is 288 g/mol. The summed E-state index contributed by atoms with van der Waals surface area (Å²) in [5, 5.41) is 9.26. The number of carbonyl (C=O) groups is 2. The Morgan fingerprint density at radius 2 is 1.86 bits per heavy atom. The van der Waals surface area contributed by atoms with Crippen molar-refractivity contribution >= 4 is 17.7 Å². The van der Waals surface area contributed by atoms with E-state index >= 15 is 0 Å². The zero-order chi connectivity index (χ0) is 15.0. The maximum absolute atomic E-state index is 12.7. The predicted octanol–water partition coefficient (Wildman–Crippen LogP) is 2.82. The number of amides is 2. The van der Waals surface area contributed by atoms with E-state index in [0.29, 0.717) is 17.6 Å². The molecule has 0 aliphatic heterocycles. The molecule has 0 radical (unpaired) electrons. The van der Waals surface area contributed by atoms with Crippen molar-refractivity contribution in [3.05, 3.63) is 29.8 Å². The third-order valence-corrected chi connectivity index (χ3v) is 4.17. The molecule has 1 aromatic rings. The number of carbonyl (C=O) groups excluding carboxylic acids is 1. The fraction of sp³-hybridized carbons (Fsp3) is 0.500. The van der Waals surface area contributed by atoms with E-state index in [2.05, 4.69) is 0 Å². The highest BCUT2D eigenvalue weighted by atomic mass is 16.4. The lowest BCUT2D eigenvalue weighted by Crippen LogP contribution is -2.44. The SMILES string of the molecule is CN(C(=O)N(CC1CC1)C1CC1)c1ccccc1C(=O)O. The molecule has 0 unspecified atom stereocenters. The molecule has 0 atom stereocenters. The van der Waals surface area contributed by atoms with Gasteiger partial charge in [0, 0.05) is 19.6 Å². The lowest BCUT2D eigenvalue weighted by molar-refractivity contribution is 0.0697. The van der Waals surface area contributed by atoms with Gasteiger partial charge in [-0.15, -0.1) is 0 Å². The maximum atomic E-state index is 12.7. The number of hydrogen-bond acceptors (Lipinski definition) is 2. The van der Waals surface area contributed by atoms with Crippen LogP contribution < -0.4 is 4.90 Å². The maximum Gasteiger partial charge on any atom is 0.337 e. The van der Waals surface area contributed by atoms with Crippen LogP contribution in [0, 0.1) is 5.92 Å². The molecule has 2 amide bonds. The van der Waals surface area contributed by atoms with Gasteiger partial charge < -0.3 is 10.0 Å². The van der Waals surface area contributed by atoms with Gasteiger partial charge in [-0.3, -0.25) is 4.90 Å². The molecule has 1 N–H and O–H groups in total. The fourth-order valence-corrected chi connectivity index (χ4v) is 2.59. The number of benzene rings is 1. The molecule has 0 heterocycles. The van der Waals surface area contributed by atoms with Crippen molar-refractivity contribution in [1.82, 2.24) is 4.90 Å². The standard InChI is InChI=1S/C16H20N2O3/c1-17(14-5-3-2-4-13(14)15(19)20)16(21)18(12-8-9-12)10-11-6-7-11/h2-5,11-12H,6-10H2,1H3,(H,19,20). The van der Waals surface area contributed by atoms with Crippen LogP contribution in [0.15, 0.2) is 24.3 Å².